The van der Waals surface area contributed by atoms with E-state index in [9.17, 15) is 4.79 Å². The van der Waals surface area contributed by atoms with Crippen LogP contribution in [0.4, 0.5) is 0 Å². The number of nitrogens with one attached hydrogen (secondary N) is 1. The van der Waals surface area contributed by atoms with Crippen LogP contribution in [0.2, 0.25) is 0 Å². The SMILES string of the molecule is COC(=O)c1nc(C2CN(C)CCO2)nc2c1CNCC2. The molecule has 0 spiro atoms. The first-order valence-electron chi connectivity index (χ1n) is 7.18. The second-order valence-electron chi connectivity index (χ2n) is 5.40. The number of aromatic nitrogens is 2. The largest absolute Gasteiger partial charge is 0.464 e. The number of morpholine rings is 1. The molecule has 1 saturated heterocycles. The summed E-state index contributed by atoms with van der Waals surface area (Å²) in [6, 6.07) is 0. The summed E-state index contributed by atoms with van der Waals surface area (Å²) < 4.78 is 10.6. The van der Waals surface area contributed by atoms with E-state index in [1.54, 1.807) is 0 Å². The van der Waals surface area contributed by atoms with Crippen LogP contribution in [0.3, 0.4) is 0 Å². The van der Waals surface area contributed by atoms with Gasteiger partial charge in [-0.1, -0.05) is 0 Å². The molecule has 1 N–H and O–H groups in total. The van der Waals surface area contributed by atoms with Crippen molar-refractivity contribution >= 4 is 5.97 Å². The van der Waals surface area contributed by atoms with Gasteiger partial charge in [-0.3, -0.25) is 0 Å². The number of rotatable bonds is 2. The van der Waals surface area contributed by atoms with Crippen LogP contribution in [-0.2, 0) is 22.4 Å². The lowest BCUT2D eigenvalue weighted by Crippen LogP contribution is -2.37. The molecule has 0 aliphatic carbocycles. The molecule has 1 fully saturated rings. The Hall–Kier alpha value is -1.57. The smallest absolute Gasteiger partial charge is 0.357 e. The van der Waals surface area contributed by atoms with Gasteiger partial charge < -0.3 is 19.7 Å². The average Bonchev–Trinajstić information content (AvgIpc) is 2.53. The molecule has 7 nitrogen and oxygen atoms in total. The van der Waals surface area contributed by atoms with Crippen LogP contribution in [0, 0.1) is 0 Å². The molecular formula is C14H20N4O3. The summed E-state index contributed by atoms with van der Waals surface area (Å²) >= 11 is 0. The first-order chi connectivity index (χ1) is 10.2. The molecule has 1 aromatic heterocycles. The molecule has 0 amide bonds. The van der Waals surface area contributed by atoms with E-state index in [0.29, 0.717) is 24.7 Å². The fourth-order valence-corrected chi connectivity index (χ4v) is 2.71. The van der Waals surface area contributed by atoms with Gasteiger partial charge in [0.2, 0.25) is 0 Å². The number of methoxy groups -OCH3 is 1. The third-order valence-electron chi connectivity index (χ3n) is 3.89. The van der Waals surface area contributed by atoms with Crippen molar-refractivity contribution in [3.8, 4) is 0 Å². The molecule has 0 bridgehead atoms. The molecular weight excluding hydrogens is 272 g/mol. The highest BCUT2D eigenvalue weighted by atomic mass is 16.5. The van der Waals surface area contributed by atoms with Gasteiger partial charge in [0.25, 0.3) is 0 Å². The van der Waals surface area contributed by atoms with E-state index in [1.807, 2.05) is 7.05 Å². The Morgan fingerprint density at radius 3 is 3.10 bits per heavy atom. The highest BCUT2D eigenvalue weighted by molar-refractivity contribution is 5.89. The predicted octanol–water partition coefficient (Wildman–Crippen LogP) is -0.0880. The second-order valence-corrected chi connectivity index (χ2v) is 5.40. The second kappa shape index (κ2) is 6.05. The Bertz CT molecular complexity index is 549. The van der Waals surface area contributed by atoms with Crippen molar-refractivity contribution in [2.75, 3.05) is 40.4 Å². The van der Waals surface area contributed by atoms with Crippen LogP contribution in [0.5, 0.6) is 0 Å². The summed E-state index contributed by atoms with van der Waals surface area (Å²) in [6.45, 7) is 3.74. The van der Waals surface area contributed by atoms with Gasteiger partial charge in [-0.15, -0.1) is 0 Å². The Labute approximate surface area is 123 Å². The van der Waals surface area contributed by atoms with Crippen LogP contribution in [-0.4, -0.2) is 61.2 Å². The van der Waals surface area contributed by atoms with Gasteiger partial charge in [0, 0.05) is 38.2 Å². The van der Waals surface area contributed by atoms with Gasteiger partial charge >= 0.3 is 5.97 Å². The summed E-state index contributed by atoms with van der Waals surface area (Å²) in [5.41, 5.74) is 2.14. The Morgan fingerprint density at radius 2 is 2.33 bits per heavy atom. The van der Waals surface area contributed by atoms with E-state index < -0.39 is 5.97 Å². The number of carbonyl (C=O) groups is 1. The summed E-state index contributed by atoms with van der Waals surface area (Å²) in [4.78, 5) is 23.2. The molecule has 21 heavy (non-hydrogen) atoms. The standard InChI is InChI=1S/C14H20N4O3/c1-18-5-6-21-11(8-18)13-16-10-3-4-15-7-9(10)12(17-13)14(19)20-2/h11,15H,3-8H2,1-2H3. The maximum atomic E-state index is 12.0. The van der Waals surface area contributed by atoms with Crippen molar-refractivity contribution in [1.29, 1.82) is 0 Å². The number of hydrogen-bond donors (Lipinski definition) is 1. The number of nitrogens with zero attached hydrogens (tertiary/aromatic N) is 3. The normalized spacial score (nSPS) is 22.7. The zero-order valence-corrected chi connectivity index (χ0v) is 12.4. The third kappa shape index (κ3) is 2.90. The van der Waals surface area contributed by atoms with Gasteiger partial charge in [0.05, 0.1) is 19.4 Å². The molecule has 3 heterocycles. The number of fused-ring (bicyclic) bond motifs is 1. The topological polar surface area (TPSA) is 76.6 Å². The molecule has 1 aromatic rings. The Balaban J connectivity index is 1.99. The summed E-state index contributed by atoms with van der Waals surface area (Å²) in [6.07, 6.45) is 0.601. The minimum atomic E-state index is -0.414. The number of carbonyl (C=O) groups excluding carboxylic acids is 1. The number of likely N-dealkylation sites (N-methyl/N-ethyl adjacent to an activating group) is 1. The van der Waals surface area contributed by atoms with E-state index in [-0.39, 0.29) is 6.10 Å². The highest BCUT2D eigenvalue weighted by Crippen LogP contribution is 2.23. The van der Waals surface area contributed by atoms with E-state index in [0.717, 1.165) is 37.3 Å². The van der Waals surface area contributed by atoms with Gasteiger partial charge in [-0.05, 0) is 7.05 Å². The van der Waals surface area contributed by atoms with E-state index >= 15 is 0 Å². The lowest BCUT2D eigenvalue weighted by atomic mass is 10.0. The summed E-state index contributed by atoms with van der Waals surface area (Å²) in [7, 11) is 3.41. The minimum absolute atomic E-state index is 0.188. The van der Waals surface area contributed by atoms with Crippen molar-refractivity contribution in [1.82, 2.24) is 20.2 Å². The maximum absolute atomic E-state index is 12.0. The molecule has 3 rings (SSSR count). The molecule has 114 valence electrons. The van der Waals surface area contributed by atoms with Crippen molar-refractivity contribution in [3.63, 3.8) is 0 Å². The molecule has 1 atom stereocenters. The van der Waals surface area contributed by atoms with E-state index in [4.69, 9.17) is 9.47 Å². The molecule has 0 aromatic carbocycles. The lowest BCUT2D eigenvalue weighted by Gasteiger charge is -2.30. The maximum Gasteiger partial charge on any atom is 0.357 e. The van der Waals surface area contributed by atoms with Crippen molar-refractivity contribution in [2.45, 2.75) is 19.1 Å². The van der Waals surface area contributed by atoms with Crippen molar-refractivity contribution in [2.24, 2.45) is 0 Å². The molecule has 0 saturated carbocycles. The van der Waals surface area contributed by atoms with E-state index in [2.05, 4.69) is 20.2 Å². The van der Waals surface area contributed by atoms with Gasteiger partial charge in [0.15, 0.2) is 11.5 Å². The van der Waals surface area contributed by atoms with Gasteiger partial charge in [-0.25, -0.2) is 14.8 Å². The molecule has 0 radical (unpaired) electrons. The fourth-order valence-electron chi connectivity index (χ4n) is 2.71. The third-order valence-corrected chi connectivity index (χ3v) is 3.89. The van der Waals surface area contributed by atoms with Crippen molar-refractivity contribution in [3.05, 3.63) is 22.8 Å². The van der Waals surface area contributed by atoms with Crippen LogP contribution in [0.1, 0.15) is 33.7 Å². The van der Waals surface area contributed by atoms with Crippen LogP contribution in [0.25, 0.3) is 0 Å². The van der Waals surface area contributed by atoms with Gasteiger partial charge in [-0.2, -0.15) is 0 Å². The Morgan fingerprint density at radius 1 is 1.48 bits per heavy atom. The molecule has 2 aliphatic heterocycles. The first kappa shape index (κ1) is 14.4. The zero-order valence-electron chi connectivity index (χ0n) is 12.4. The van der Waals surface area contributed by atoms with Crippen molar-refractivity contribution < 1.29 is 14.3 Å². The fraction of sp³-hybridized carbons (Fsp3) is 0.643. The molecule has 2 aliphatic rings. The Kier molecular flexibility index (Phi) is 4.14. The first-order valence-corrected chi connectivity index (χ1v) is 7.18. The highest BCUT2D eigenvalue weighted by Gasteiger charge is 2.28. The monoisotopic (exact) mass is 292 g/mol. The van der Waals surface area contributed by atoms with Crippen LogP contribution in [0.15, 0.2) is 0 Å². The average molecular weight is 292 g/mol. The number of hydrogen-bond acceptors (Lipinski definition) is 7. The van der Waals surface area contributed by atoms with Crippen LogP contribution < -0.4 is 5.32 Å². The van der Waals surface area contributed by atoms with Gasteiger partial charge in [0.1, 0.15) is 6.10 Å². The lowest BCUT2D eigenvalue weighted by molar-refractivity contribution is -0.0257. The number of esters is 1. The predicted molar refractivity (Wildman–Crippen MR) is 75.0 cm³/mol. The van der Waals surface area contributed by atoms with Crippen LogP contribution >= 0.6 is 0 Å². The summed E-state index contributed by atoms with van der Waals surface area (Å²) in [5, 5.41) is 3.24. The minimum Gasteiger partial charge on any atom is -0.464 e. The zero-order chi connectivity index (χ0) is 14.8. The quantitative estimate of drug-likeness (QED) is 0.763. The summed E-state index contributed by atoms with van der Waals surface area (Å²) in [5.74, 6) is 0.172. The molecule has 1 unspecified atom stereocenters. The number of ether oxygens (including phenoxy) is 2. The molecule has 7 heteroatoms. The van der Waals surface area contributed by atoms with E-state index in [1.165, 1.54) is 7.11 Å².